The molecule has 0 saturated heterocycles. The number of ether oxygens (including phenoxy) is 1. The van der Waals surface area contributed by atoms with Crippen LogP contribution in [0, 0.1) is 5.92 Å². The molecule has 0 saturated carbocycles. The zero-order chi connectivity index (χ0) is 14.4. The van der Waals surface area contributed by atoms with Crippen molar-refractivity contribution in [2.24, 2.45) is 5.92 Å². The Morgan fingerprint density at radius 2 is 2.11 bits per heavy atom. The van der Waals surface area contributed by atoms with Gasteiger partial charge in [-0.15, -0.1) is 11.3 Å². The van der Waals surface area contributed by atoms with Crippen molar-refractivity contribution in [2.45, 2.75) is 32.9 Å². The Hall–Kier alpha value is -1.40. The molecule has 1 aromatic heterocycles. The number of carboxylic acid groups (broad SMARTS) is 1. The smallest absolute Gasteiger partial charge is 0.332 e. The molecule has 1 amide bonds. The van der Waals surface area contributed by atoms with Crippen LogP contribution in [0.3, 0.4) is 0 Å². The minimum absolute atomic E-state index is 0.0729. The van der Waals surface area contributed by atoms with Gasteiger partial charge in [0.05, 0.1) is 6.04 Å². The third-order valence-corrected chi connectivity index (χ3v) is 3.60. The third kappa shape index (κ3) is 5.00. The molecule has 2 N–H and O–H groups in total. The Kier molecular flexibility index (Phi) is 5.98. The lowest BCUT2D eigenvalue weighted by Gasteiger charge is -2.21. The Bertz CT molecular complexity index is 416. The largest absolute Gasteiger partial charge is 0.479 e. The third-order valence-electron chi connectivity index (χ3n) is 2.65. The molecule has 0 fully saturated rings. The number of amides is 1. The van der Waals surface area contributed by atoms with Gasteiger partial charge in [-0.3, -0.25) is 4.79 Å². The van der Waals surface area contributed by atoms with E-state index in [0.29, 0.717) is 0 Å². The molecule has 0 bridgehead atoms. The molecule has 0 aliphatic heterocycles. The lowest BCUT2D eigenvalue weighted by Crippen LogP contribution is -2.35. The first-order valence-corrected chi connectivity index (χ1v) is 6.97. The molecule has 1 aromatic rings. The average Bonchev–Trinajstić information content (AvgIpc) is 2.85. The number of carbonyl (C=O) groups excluding carboxylic acids is 1. The Morgan fingerprint density at radius 1 is 1.42 bits per heavy atom. The summed E-state index contributed by atoms with van der Waals surface area (Å²) in [6.45, 7) is 5.19. The second-order valence-corrected chi connectivity index (χ2v) is 5.58. The number of hydrogen-bond donors (Lipinski definition) is 2. The van der Waals surface area contributed by atoms with Gasteiger partial charge < -0.3 is 15.2 Å². The highest BCUT2D eigenvalue weighted by Crippen LogP contribution is 2.25. The summed E-state index contributed by atoms with van der Waals surface area (Å²) in [6, 6.07) is 3.83. The Labute approximate surface area is 116 Å². The van der Waals surface area contributed by atoms with Crippen LogP contribution in [0.15, 0.2) is 17.5 Å². The summed E-state index contributed by atoms with van der Waals surface area (Å²) in [5.41, 5.74) is 0. The van der Waals surface area contributed by atoms with Crippen LogP contribution in [0.25, 0.3) is 0 Å². The van der Waals surface area contributed by atoms with Gasteiger partial charge in [0.2, 0.25) is 5.91 Å². The van der Waals surface area contributed by atoms with E-state index in [1.807, 2.05) is 31.4 Å². The average molecular weight is 285 g/mol. The van der Waals surface area contributed by atoms with Gasteiger partial charge in [-0.05, 0) is 24.3 Å². The Morgan fingerprint density at radius 3 is 2.58 bits per heavy atom. The van der Waals surface area contributed by atoms with E-state index in [-0.39, 0.29) is 24.5 Å². The summed E-state index contributed by atoms with van der Waals surface area (Å²) in [6.07, 6.45) is -0.981. The highest BCUT2D eigenvalue weighted by atomic mass is 32.1. The van der Waals surface area contributed by atoms with Gasteiger partial charge in [0.25, 0.3) is 0 Å². The minimum Gasteiger partial charge on any atom is -0.479 e. The molecule has 0 aromatic carbocycles. The zero-order valence-corrected chi connectivity index (χ0v) is 12.1. The second kappa shape index (κ2) is 7.25. The van der Waals surface area contributed by atoms with Crippen molar-refractivity contribution < 1.29 is 19.4 Å². The number of carbonyl (C=O) groups is 2. The normalized spacial score (nSPS) is 14.1. The summed E-state index contributed by atoms with van der Waals surface area (Å²) in [7, 11) is 0. The van der Waals surface area contributed by atoms with Crippen molar-refractivity contribution in [1.29, 1.82) is 0 Å². The van der Waals surface area contributed by atoms with Gasteiger partial charge in [0, 0.05) is 4.88 Å². The molecule has 19 heavy (non-hydrogen) atoms. The van der Waals surface area contributed by atoms with Gasteiger partial charge in [0.1, 0.15) is 6.61 Å². The van der Waals surface area contributed by atoms with Crippen molar-refractivity contribution in [1.82, 2.24) is 5.32 Å². The molecule has 0 spiro atoms. The minimum atomic E-state index is -1.08. The lowest BCUT2D eigenvalue weighted by molar-refractivity contribution is -0.151. The van der Waals surface area contributed by atoms with Gasteiger partial charge in [-0.1, -0.05) is 19.9 Å². The number of hydrogen-bond acceptors (Lipinski definition) is 4. The predicted molar refractivity (Wildman–Crippen MR) is 73.1 cm³/mol. The fraction of sp³-hybridized carbons (Fsp3) is 0.538. The highest BCUT2D eigenvalue weighted by molar-refractivity contribution is 7.10. The fourth-order valence-electron chi connectivity index (χ4n) is 1.52. The second-order valence-electron chi connectivity index (χ2n) is 4.60. The van der Waals surface area contributed by atoms with E-state index in [9.17, 15) is 9.59 Å². The van der Waals surface area contributed by atoms with Crippen molar-refractivity contribution in [3.05, 3.63) is 22.4 Å². The molecule has 5 nitrogen and oxygen atoms in total. The predicted octanol–water partition coefficient (Wildman–Crippen LogP) is 2.05. The number of carboxylic acids is 1. The van der Waals surface area contributed by atoms with Crippen LogP contribution in [0.1, 0.15) is 31.7 Å². The molecule has 1 unspecified atom stereocenters. The zero-order valence-electron chi connectivity index (χ0n) is 11.3. The summed E-state index contributed by atoms with van der Waals surface area (Å²) in [5.74, 6) is -1.13. The summed E-state index contributed by atoms with van der Waals surface area (Å²) < 4.78 is 4.95. The maximum atomic E-state index is 11.8. The molecular formula is C13H19NO4S. The van der Waals surface area contributed by atoms with Crippen molar-refractivity contribution in [3.63, 3.8) is 0 Å². The molecule has 1 rings (SSSR count). The molecule has 1 heterocycles. The maximum absolute atomic E-state index is 11.8. The van der Waals surface area contributed by atoms with Gasteiger partial charge in [-0.2, -0.15) is 0 Å². The van der Waals surface area contributed by atoms with Gasteiger partial charge in [-0.25, -0.2) is 4.79 Å². The standard InChI is InChI=1S/C13H19NO4S/c1-8(2)12(10-5-4-6-19-10)14-11(15)7-18-9(3)13(16)17/h4-6,8-9,12H,7H2,1-3H3,(H,14,15)(H,16,17)/t9-,12?/m0/s1. The maximum Gasteiger partial charge on any atom is 0.332 e. The number of nitrogens with one attached hydrogen (secondary N) is 1. The van der Waals surface area contributed by atoms with E-state index in [0.717, 1.165) is 4.88 Å². The van der Waals surface area contributed by atoms with Crippen molar-refractivity contribution in [2.75, 3.05) is 6.61 Å². The summed E-state index contributed by atoms with van der Waals surface area (Å²) in [5, 5.41) is 13.5. The van der Waals surface area contributed by atoms with E-state index in [1.54, 1.807) is 11.3 Å². The Balaban J connectivity index is 2.51. The lowest BCUT2D eigenvalue weighted by atomic mass is 10.0. The summed E-state index contributed by atoms with van der Waals surface area (Å²) in [4.78, 5) is 23.4. The van der Waals surface area contributed by atoms with E-state index in [2.05, 4.69) is 5.32 Å². The van der Waals surface area contributed by atoms with Crippen LogP contribution < -0.4 is 5.32 Å². The van der Waals surface area contributed by atoms with E-state index < -0.39 is 12.1 Å². The van der Waals surface area contributed by atoms with E-state index in [1.165, 1.54) is 6.92 Å². The van der Waals surface area contributed by atoms with Crippen LogP contribution in [-0.4, -0.2) is 29.7 Å². The van der Waals surface area contributed by atoms with Crippen molar-refractivity contribution in [3.8, 4) is 0 Å². The van der Waals surface area contributed by atoms with Crippen LogP contribution >= 0.6 is 11.3 Å². The molecule has 6 heteroatoms. The number of aliphatic carboxylic acids is 1. The van der Waals surface area contributed by atoms with Crippen molar-refractivity contribution >= 4 is 23.2 Å². The quantitative estimate of drug-likeness (QED) is 0.804. The molecular weight excluding hydrogens is 266 g/mol. The molecule has 0 aliphatic rings. The SMILES string of the molecule is CC(C)C(NC(=O)CO[C@@H](C)C(=O)O)c1cccs1. The first-order valence-electron chi connectivity index (χ1n) is 6.09. The number of rotatable bonds is 7. The fourth-order valence-corrected chi connectivity index (χ4v) is 2.47. The number of thiophene rings is 1. The van der Waals surface area contributed by atoms with Crippen LogP contribution in [0.4, 0.5) is 0 Å². The van der Waals surface area contributed by atoms with Crippen LogP contribution in [0.2, 0.25) is 0 Å². The monoisotopic (exact) mass is 285 g/mol. The molecule has 0 radical (unpaired) electrons. The van der Waals surface area contributed by atoms with Gasteiger partial charge >= 0.3 is 5.97 Å². The molecule has 0 aliphatic carbocycles. The molecule has 2 atom stereocenters. The summed E-state index contributed by atoms with van der Waals surface area (Å²) >= 11 is 1.58. The molecule has 106 valence electrons. The highest BCUT2D eigenvalue weighted by Gasteiger charge is 2.20. The first kappa shape index (κ1) is 15.7. The van der Waals surface area contributed by atoms with E-state index >= 15 is 0 Å². The van der Waals surface area contributed by atoms with Gasteiger partial charge in [0.15, 0.2) is 6.10 Å². The van der Waals surface area contributed by atoms with Crippen LogP contribution in [0.5, 0.6) is 0 Å². The van der Waals surface area contributed by atoms with Crippen LogP contribution in [-0.2, 0) is 14.3 Å². The first-order chi connectivity index (χ1) is 8.91. The van der Waals surface area contributed by atoms with E-state index in [4.69, 9.17) is 9.84 Å². The topological polar surface area (TPSA) is 75.6 Å².